The van der Waals surface area contributed by atoms with Crippen molar-refractivity contribution in [2.24, 2.45) is 5.92 Å². The second kappa shape index (κ2) is 15.3. The normalized spacial score (nSPS) is 23.1. The molecule has 2 rings (SSSR count). The maximum atomic E-state index is 12.9. The van der Waals surface area contributed by atoms with E-state index in [2.05, 4.69) is 10.6 Å². The molecule has 0 radical (unpaired) electrons. The van der Waals surface area contributed by atoms with E-state index >= 15 is 0 Å². The highest BCUT2D eigenvalue weighted by molar-refractivity contribution is 5.82. The topological polar surface area (TPSA) is 136 Å². The Bertz CT molecular complexity index is 954. The van der Waals surface area contributed by atoms with E-state index in [-0.39, 0.29) is 24.8 Å². The standard InChI is InChI=1S/C29H47N3O8/c1-9-18(2)23(32(6)28(36)40-29(3,4)5)20(33)15-22(34)30-17-21-24(37-7)25(38-8)26(39-21)27(35)31-16-19-13-11-10-12-14-19/h10-14,18,20-21,23-26,33H,9,15-17H2,1-8H3,(H,30,34)(H,31,35)/t18-,20+,21+,23-,24+,25-,26+/m0/s1. The van der Waals surface area contributed by atoms with Crippen molar-refractivity contribution < 1.29 is 38.4 Å². The average molecular weight is 566 g/mol. The summed E-state index contributed by atoms with van der Waals surface area (Å²) in [7, 11) is 4.53. The lowest BCUT2D eigenvalue weighted by Gasteiger charge is -2.36. The third-order valence-corrected chi connectivity index (χ3v) is 7.07. The third kappa shape index (κ3) is 9.43. The first-order chi connectivity index (χ1) is 18.8. The Labute approximate surface area is 237 Å². The van der Waals surface area contributed by atoms with E-state index in [0.717, 1.165) is 5.56 Å². The number of carbonyl (C=O) groups is 3. The quantitative estimate of drug-likeness (QED) is 0.331. The Kier molecular flexibility index (Phi) is 12.8. The molecule has 7 atom stereocenters. The fourth-order valence-electron chi connectivity index (χ4n) is 4.85. The van der Waals surface area contributed by atoms with E-state index < -0.39 is 54.2 Å². The number of nitrogens with one attached hydrogen (secondary N) is 2. The smallest absolute Gasteiger partial charge is 0.410 e. The Morgan fingerprint density at radius 3 is 2.25 bits per heavy atom. The molecule has 1 aromatic carbocycles. The minimum absolute atomic E-state index is 0.0439. The number of amides is 3. The monoisotopic (exact) mass is 565 g/mol. The van der Waals surface area contributed by atoms with Gasteiger partial charge in [-0.1, -0.05) is 50.6 Å². The summed E-state index contributed by atoms with van der Waals surface area (Å²) < 4.78 is 22.6. The number of hydrogen-bond donors (Lipinski definition) is 3. The number of aliphatic hydroxyl groups is 1. The number of likely N-dealkylation sites (N-methyl/N-ethyl adjacent to an activating group) is 1. The number of rotatable bonds is 13. The van der Waals surface area contributed by atoms with Crippen molar-refractivity contribution in [2.45, 2.75) is 96.2 Å². The average Bonchev–Trinajstić information content (AvgIpc) is 3.27. The molecule has 1 fully saturated rings. The maximum absolute atomic E-state index is 12.9. The highest BCUT2D eigenvalue weighted by Gasteiger charge is 2.48. The van der Waals surface area contributed by atoms with E-state index in [1.807, 2.05) is 44.2 Å². The molecule has 226 valence electrons. The number of nitrogens with zero attached hydrogens (tertiary/aromatic N) is 1. The predicted molar refractivity (Wildman–Crippen MR) is 149 cm³/mol. The molecule has 3 amide bonds. The van der Waals surface area contributed by atoms with Crippen LogP contribution in [0, 0.1) is 5.92 Å². The molecule has 11 heteroatoms. The Hall–Kier alpha value is -2.73. The van der Waals surface area contributed by atoms with E-state index in [1.165, 1.54) is 19.1 Å². The Balaban J connectivity index is 1.99. The molecule has 1 heterocycles. The molecular weight excluding hydrogens is 518 g/mol. The number of benzene rings is 1. The third-order valence-electron chi connectivity index (χ3n) is 7.07. The molecule has 0 bridgehead atoms. The van der Waals surface area contributed by atoms with Crippen molar-refractivity contribution in [1.29, 1.82) is 0 Å². The molecule has 0 unspecified atom stereocenters. The highest BCUT2D eigenvalue weighted by atomic mass is 16.6. The van der Waals surface area contributed by atoms with Crippen LogP contribution in [-0.2, 0) is 35.1 Å². The number of aliphatic hydroxyl groups excluding tert-OH is 1. The van der Waals surface area contributed by atoms with Crippen LogP contribution in [0.3, 0.4) is 0 Å². The molecule has 11 nitrogen and oxygen atoms in total. The molecule has 0 aliphatic carbocycles. The summed E-state index contributed by atoms with van der Waals surface area (Å²) in [4.78, 5) is 39.8. The molecule has 1 aliphatic heterocycles. The van der Waals surface area contributed by atoms with Crippen LogP contribution in [0.15, 0.2) is 30.3 Å². The van der Waals surface area contributed by atoms with Crippen molar-refractivity contribution in [3.63, 3.8) is 0 Å². The second-order valence-corrected chi connectivity index (χ2v) is 11.2. The van der Waals surface area contributed by atoms with Gasteiger partial charge < -0.3 is 39.6 Å². The van der Waals surface area contributed by atoms with Gasteiger partial charge in [-0.25, -0.2) is 4.79 Å². The van der Waals surface area contributed by atoms with Crippen LogP contribution < -0.4 is 10.6 Å². The lowest BCUT2D eigenvalue weighted by atomic mass is 9.91. The minimum Gasteiger partial charge on any atom is -0.444 e. The van der Waals surface area contributed by atoms with Gasteiger partial charge in [0.25, 0.3) is 5.91 Å². The van der Waals surface area contributed by atoms with E-state index in [4.69, 9.17) is 18.9 Å². The highest BCUT2D eigenvalue weighted by Crippen LogP contribution is 2.26. The minimum atomic E-state index is -1.13. The maximum Gasteiger partial charge on any atom is 0.410 e. The van der Waals surface area contributed by atoms with Crippen LogP contribution in [0.2, 0.25) is 0 Å². The van der Waals surface area contributed by atoms with Crippen molar-refractivity contribution in [2.75, 3.05) is 27.8 Å². The zero-order chi connectivity index (χ0) is 30.0. The summed E-state index contributed by atoms with van der Waals surface area (Å²) in [5.74, 6) is -0.861. The Morgan fingerprint density at radius 2 is 1.70 bits per heavy atom. The fourth-order valence-corrected chi connectivity index (χ4v) is 4.85. The number of hydrogen-bond acceptors (Lipinski definition) is 8. The van der Waals surface area contributed by atoms with Crippen LogP contribution in [0.1, 0.15) is 53.0 Å². The summed E-state index contributed by atoms with van der Waals surface area (Å²) in [6.07, 6.45) is -4.10. The zero-order valence-corrected chi connectivity index (χ0v) is 25.0. The van der Waals surface area contributed by atoms with Gasteiger partial charge in [0.2, 0.25) is 5.91 Å². The van der Waals surface area contributed by atoms with Crippen molar-refractivity contribution in [3.8, 4) is 0 Å². The van der Waals surface area contributed by atoms with Gasteiger partial charge in [0.05, 0.1) is 18.6 Å². The van der Waals surface area contributed by atoms with E-state index in [0.29, 0.717) is 13.0 Å². The molecule has 0 spiro atoms. The second-order valence-electron chi connectivity index (χ2n) is 11.2. The lowest BCUT2D eigenvalue weighted by molar-refractivity contribution is -0.137. The van der Waals surface area contributed by atoms with Gasteiger partial charge in [0.1, 0.15) is 23.9 Å². The molecule has 1 aromatic rings. The SMILES string of the molecule is CC[C@H](C)[C@@H]([C@H](O)CC(=O)NC[C@H]1O[C@@H](C(=O)NCc2ccccc2)[C@@H](OC)[C@@H]1OC)N(C)C(=O)OC(C)(C)C. The first-order valence-corrected chi connectivity index (χ1v) is 13.8. The van der Waals surface area contributed by atoms with Gasteiger partial charge >= 0.3 is 6.09 Å². The zero-order valence-electron chi connectivity index (χ0n) is 25.0. The van der Waals surface area contributed by atoms with Gasteiger partial charge in [0.15, 0.2) is 6.10 Å². The van der Waals surface area contributed by atoms with Crippen LogP contribution >= 0.6 is 0 Å². The van der Waals surface area contributed by atoms with Gasteiger partial charge in [-0.3, -0.25) is 9.59 Å². The summed E-state index contributed by atoms with van der Waals surface area (Å²) >= 11 is 0. The number of ether oxygens (including phenoxy) is 4. The molecule has 40 heavy (non-hydrogen) atoms. The lowest BCUT2D eigenvalue weighted by Crippen LogP contribution is -2.51. The molecule has 1 aliphatic rings. The van der Waals surface area contributed by atoms with Gasteiger partial charge in [-0.05, 0) is 32.3 Å². The summed E-state index contributed by atoms with van der Waals surface area (Å²) in [5.41, 5.74) is 0.255. The van der Waals surface area contributed by atoms with Gasteiger partial charge in [-0.2, -0.15) is 0 Å². The molecule has 3 N–H and O–H groups in total. The van der Waals surface area contributed by atoms with Gasteiger partial charge in [-0.15, -0.1) is 0 Å². The van der Waals surface area contributed by atoms with Crippen LogP contribution in [-0.4, -0.2) is 97.9 Å². The van der Waals surface area contributed by atoms with E-state index in [1.54, 1.807) is 27.8 Å². The number of methoxy groups -OCH3 is 2. The number of carbonyl (C=O) groups excluding carboxylic acids is 3. The summed E-state index contributed by atoms with van der Waals surface area (Å²) in [6.45, 7) is 9.55. The Morgan fingerprint density at radius 1 is 1.07 bits per heavy atom. The first kappa shape index (κ1) is 33.5. The largest absolute Gasteiger partial charge is 0.444 e. The molecule has 0 aromatic heterocycles. The van der Waals surface area contributed by atoms with Gasteiger partial charge in [0, 0.05) is 34.4 Å². The van der Waals surface area contributed by atoms with Crippen molar-refractivity contribution in [1.82, 2.24) is 15.5 Å². The van der Waals surface area contributed by atoms with Crippen molar-refractivity contribution >= 4 is 17.9 Å². The molecule has 1 saturated heterocycles. The fraction of sp³-hybridized carbons (Fsp3) is 0.690. The summed E-state index contributed by atoms with van der Waals surface area (Å²) in [5, 5.41) is 16.6. The predicted octanol–water partition coefficient (Wildman–Crippen LogP) is 2.25. The first-order valence-electron chi connectivity index (χ1n) is 13.8. The summed E-state index contributed by atoms with van der Waals surface area (Å²) in [6, 6.07) is 8.87. The van der Waals surface area contributed by atoms with E-state index in [9.17, 15) is 19.5 Å². The molecular formula is C29H47N3O8. The van der Waals surface area contributed by atoms with Crippen LogP contribution in [0.25, 0.3) is 0 Å². The van der Waals surface area contributed by atoms with Crippen molar-refractivity contribution in [3.05, 3.63) is 35.9 Å². The van der Waals surface area contributed by atoms with Crippen LogP contribution in [0.5, 0.6) is 0 Å². The molecule has 0 saturated carbocycles. The van der Waals surface area contributed by atoms with Crippen LogP contribution in [0.4, 0.5) is 4.79 Å².